The summed E-state index contributed by atoms with van der Waals surface area (Å²) in [6, 6.07) is 19.0. The summed E-state index contributed by atoms with van der Waals surface area (Å²) < 4.78 is 0. The third kappa shape index (κ3) is 6.71. The zero-order valence-electron chi connectivity index (χ0n) is 17.9. The molecule has 2 unspecified atom stereocenters. The van der Waals surface area contributed by atoms with Crippen LogP contribution in [0.25, 0.3) is 6.08 Å². The normalized spacial score (nSPS) is 18.4. The van der Waals surface area contributed by atoms with Gasteiger partial charge in [-0.2, -0.15) is 0 Å². The standard InChI is InChI=1S/C25H34N2OS/c1-20(2)29-24-13-11-23(12-14-24)25(28)21(3)27-18-16-26(17-19-27)15-7-10-22-8-5-4-6-9-22/h4-14,20-21,25,28H,15-19H2,1-3H3. The molecule has 1 aliphatic rings. The maximum Gasteiger partial charge on any atom is 0.0942 e. The molecule has 0 aromatic heterocycles. The molecule has 3 nitrogen and oxygen atoms in total. The summed E-state index contributed by atoms with van der Waals surface area (Å²) in [5.41, 5.74) is 2.26. The highest BCUT2D eigenvalue weighted by Crippen LogP contribution is 2.27. The van der Waals surface area contributed by atoms with E-state index in [9.17, 15) is 5.11 Å². The number of piperazine rings is 1. The van der Waals surface area contributed by atoms with Gasteiger partial charge in [-0.3, -0.25) is 9.80 Å². The number of nitrogens with zero attached hydrogens (tertiary/aromatic N) is 2. The second-order valence-corrected chi connectivity index (χ2v) is 9.72. The van der Waals surface area contributed by atoms with Crippen molar-refractivity contribution in [3.05, 3.63) is 71.8 Å². The van der Waals surface area contributed by atoms with E-state index in [1.54, 1.807) is 0 Å². The van der Waals surface area contributed by atoms with Crippen molar-refractivity contribution in [2.45, 2.75) is 43.1 Å². The van der Waals surface area contributed by atoms with Crippen molar-refractivity contribution in [2.75, 3.05) is 32.7 Å². The minimum Gasteiger partial charge on any atom is -0.387 e. The van der Waals surface area contributed by atoms with Gasteiger partial charge in [0.25, 0.3) is 0 Å². The van der Waals surface area contributed by atoms with E-state index in [1.807, 2.05) is 17.8 Å². The summed E-state index contributed by atoms with van der Waals surface area (Å²) >= 11 is 1.86. The van der Waals surface area contributed by atoms with Crippen LogP contribution in [0.1, 0.15) is 38.0 Å². The minimum atomic E-state index is -0.447. The highest BCUT2D eigenvalue weighted by Gasteiger charge is 2.26. The molecule has 1 saturated heterocycles. The van der Waals surface area contributed by atoms with E-state index in [1.165, 1.54) is 10.5 Å². The second-order valence-electron chi connectivity index (χ2n) is 8.07. The van der Waals surface area contributed by atoms with E-state index < -0.39 is 6.10 Å². The first kappa shape index (κ1) is 22.1. The first-order chi connectivity index (χ1) is 14.0. The number of hydrogen-bond acceptors (Lipinski definition) is 4. The molecule has 1 N–H and O–H groups in total. The van der Waals surface area contributed by atoms with Crippen molar-refractivity contribution in [1.29, 1.82) is 0 Å². The highest BCUT2D eigenvalue weighted by molar-refractivity contribution is 7.99. The van der Waals surface area contributed by atoms with Crippen LogP contribution in [0.2, 0.25) is 0 Å². The molecular formula is C25H34N2OS. The first-order valence-corrected chi connectivity index (χ1v) is 11.5. The number of benzene rings is 2. The van der Waals surface area contributed by atoms with Crippen LogP contribution >= 0.6 is 11.8 Å². The number of aliphatic hydroxyl groups is 1. The summed E-state index contributed by atoms with van der Waals surface area (Å²) in [7, 11) is 0. The van der Waals surface area contributed by atoms with Crippen molar-refractivity contribution in [2.24, 2.45) is 0 Å². The van der Waals surface area contributed by atoms with Crippen molar-refractivity contribution in [3.8, 4) is 0 Å². The largest absolute Gasteiger partial charge is 0.387 e. The van der Waals surface area contributed by atoms with Crippen molar-refractivity contribution < 1.29 is 5.11 Å². The van der Waals surface area contributed by atoms with Gasteiger partial charge in [0.2, 0.25) is 0 Å². The molecule has 0 aliphatic carbocycles. The number of aliphatic hydroxyl groups excluding tert-OH is 1. The van der Waals surface area contributed by atoms with Gasteiger partial charge >= 0.3 is 0 Å². The van der Waals surface area contributed by atoms with Gasteiger partial charge in [-0.25, -0.2) is 0 Å². The molecule has 0 bridgehead atoms. The van der Waals surface area contributed by atoms with Gasteiger partial charge in [0.05, 0.1) is 6.10 Å². The fourth-order valence-corrected chi connectivity index (χ4v) is 4.59. The maximum atomic E-state index is 10.9. The van der Waals surface area contributed by atoms with Crippen molar-refractivity contribution in [3.63, 3.8) is 0 Å². The Morgan fingerprint density at radius 3 is 2.21 bits per heavy atom. The predicted octanol–water partition coefficient (Wildman–Crippen LogP) is 4.94. The zero-order chi connectivity index (χ0) is 20.6. The third-order valence-corrected chi connectivity index (χ3v) is 6.52. The molecular weight excluding hydrogens is 376 g/mol. The number of rotatable bonds is 8. The third-order valence-electron chi connectivity index (χ3n) is 5.51. The lowest BCUT2D eigenvalue weighted by atomic mass is 10.0. The van der Waals surface area contributed by atoms with Crippen LogP contribution < -0.4 is 0 Å². The number of hydrogen-bond donors (Lipinski definition) is 1. The molecule has 29 heavy (non-hydrogen) atoms. The second kappa shape index (κ2) is 11.0. The summed E-state index contributed by atoms with van der Waals surface area (Å²) in [5.74, 6) is 0. The lowest BCUT2D eigenvalue weighted by molar-refractivity contribution is 0.0286. The molecule has 1 aliphatic heterocycles. The fraction of sp³-hybridized carbons (Fsp3) is 0.440. The average molecular weight is 411 g/mol. The molecule has 2 atom stereocenters. The molecule has 2 aromatic carbocycles. The Labute approximate surface area is 180 Å². The lowest BCUT2D eigenvalue weighted by Gasteiger charge is -2.39. The van der Waals surface area contributed by atoms with E-state index in [0.717, 1.165) is 38.3 Å². The summed E-state index contributed by atoms with van der Waals surface area (Å²) in [4.78, 5) is 6.16. The van der Waals surface area contributed by atoms with E-state index in [4.69, 9.17) is 0 Å². The van der Waals surface area contributed by atoms with Gasteiger partial charge in [-0.15, -0.1) is 11.8 Å². The molecule has 0 saturated carbocycles. The SMILES string of the molecule is CC(C)Sc1ccc(C(O)C(C)N2CCN(CC=Cc3ccccc3)CC2)cc1. The molecule has 1 fully saturated rings. The fourth-order valence-electron chi connectivity index (χ4n) is 3.75. The monoisotopic (exact) mass is 410 g/mol. The van der Waals surface area contributed by atoms with E-state index in [0.29, 0.717) is 5.25 Å². The molecule has 1 heterocycles. The van der Waals surface area contributed by atoms with Crippen LogP contribution in [-0.2, 0) is 0 Å². The first-order valence-electron chi connectivity index (χ1n) is 10.7. The van der Waals surface area contributed by atoms with Gasteiger partial charge in [0.1, 0.15) is 0 Å². The molecule has 4 heteroatoms. The smallest absolute Gasteiger partial charge is 0.0942 e. The van der Waals surface area contributed by atoms with E-state index in [-0.39, 0.29) is 6.04 Å². The van der Waals surface area contributed by atoms with Crippen LogP contribution in [0.3, 0.4) is 0 Å². The highest BCUT2D eigenvalue weighted by atomic mass is 32.2. The van der Waals surface area contributed by atoms with Gasteiger partial charge < -0.3 is 5.11 Å². The Bertz CT molecular complexity index is 752. The molecule has 2 aromatic rings. The predicted molar refractivity (Wildman–Crippen MR) is 125 cm³/mol. The Kier molecular flexibility index (Phi) is 8.37. The molecule has 156 valence electrons. The Morgan fingerprint density at radius 1 is 0.931 bits per heavy atom. The van der Waals surface area contributed by atoms with Crippen LogP contribution in [-0.4, -0.2) is 58.9 Å². The lowest BCUT2D eigenvalue weighted by Crippen LogP contribution is -2.50. The Balaban J connectivity index is 1.46. The summed E-state index contributed by atoms with van der Waals surface area (Å²) in [6.07, 6.45) is 4.00. The average Bonchev–Trinajstić information content (AvgIpc) is 2.74. The molecule has 0 amide bonds. The summed E-state index contributed by atoms with van der Waals surface area (Å²) in [6.45, 7) is 11.6. The van der Waals surface area contributed by atoms with E-state index >= 15 is 0 Å². The van der Waals surface area contributed by atoms with Gasteiger partial charge in [0, 0.05) is 48.9 Å². The number of thioether (sulfide) groups is 1. The molecule has 3 rings (SSSR count). The quantitative estimate of drug-likeness (QED) is 0.624. The van der Waals surface area contributed by atoms with Gasteiger partial charge in [-0.05, 0) is 30.2 Å². The maximum absolute atomic E-state index is 10.9. The van der Waals surface area contributed by atoms with Crippen molar-refractivity contribution >= 4 is 17.8 Å². The van der Waals surface area contributed by atoms with Crippen molar-refractivity contribution in [1.82, 2.24) is 9.80 Å². The summed E-state index contributed by atoms with van der Waals surface area (Å²) in [5, 5.41) is 11.4. The minimum absolute atomic E-state index is 0.126. The van der Waals surface area contributed by atoms with Gasteiger partial charge in [0.15, 0.2) is 0 Å². The van der Waals surface area contributed by atoms with Crippen LogP contribution in [0.5, 0.6) is 0 Å². The molecule has 0 spiro atoms. The van der Waals surface area contributed by atoms with Crippen LogP contribution in [0, 0.1) is 0 Å². The zero-order valence-corrected chi connectivity index (χ0v) is 18.7. The Hall–Kier alpha value is -1.59. The van der Waals surface area contributed by atoms with E-state index in [2.05, 4.69) is 91.3 Å². The van der Waals surface area contributed by atoms with Crippen LogP contribution in [0.15, 0.2) is 65.6 Å². The Morgan fingerprint density at radius 2 is 1.59 bits per heavy atom. The van der Waals surface area contributed by atoms with Crippen LogP contribution in [0.4, 0.5) is 0 Å². The topological polar surface area (TPSA) is 26.7 Å². The molecule has 0 radical (unpaired) electrons. The van der Waals surface area contributed by atoms with Gasteiger partial charge in [-0.1, -0.05) is 68.5 Å².